The molecule has 0 atom stereocenters. The summed E-state index contributed by atoms with van der Waals surface area (Å²) in [5, 5.41) is 4.19. The lowest BCUT2D eigenvalue weighted by molar-refractivity contribution is -0.121. The average molecular weight is 346 g/mol. The van der Waals surface area contributed by atoms with Crippen LogP contribution in [0.1, 0.15) is 29.5 Å². The predicted octanol–water partition coefficient (Wildman–Crippen LogP) is 4.50. The zero-order valence-corrected chi connectivity index (χ0v) is 14.4. The van der Waals surface area contributed by atoms with E-state index in [1.165, 1.54) is 12.1 Å². The number of amides is 1. The Bertz CT molecular complexity index is 851. The Balaban J connectivity index is 1.84. The number of hydrogen-bond acceptors (Lipinski definition) is 2. The highest BCUT2D eigenvalue weighted by Crippen LogP contribution is 2.24. The Labute approximate surface area is 152 Å². The van der Waals surface area contributed by atoms with Crippen molar-refractivity contribution in [1.82, 2.24) is 5.43 Å². The third-order valence-electron chi connectivity index (χ3n) is 4.12. The van der Waals surface area contributed by atoms with Crippen LogP contribution >= 0.6 is 0 Å². The standard InChI is InChI=1S/C22H19FN2O/c1-16(17-12-14-20(23)15-13-17)24-25-22(26)21(18-8-4-2-5-9-18)19-10-6-3-7-11-19/h2-15,21H,1H3,(H,25,26)/b24-16-. The maximum Gasteiger partial charge on any atom is 0.252 e. The van der Waals surface area contributed by atoms with Crippen molar-refractivity contribution in [2.75, 3.05) is 0 Å². The molecule has 3 nitrogen and oxygen atoms in total. The van der Waals surface area contributed by atoms with Crippen molar-refractivity contribution in [1.29, 1.82) is 0 Å². The minimum absolute atomic E-state index is 0.219. The first-order chi connectivity index (χ1) is 12.6. The minimum atomic E-state index is -0.456. The molecule has 0 aliphatic carbocycles. The minimum Gasteiger partial charge on any atom is -0.272 e. The summed E-state index contributed by atoms with van der Waals surface area (Å²) in [4.78, 5) is 12.9. The Hall–Kier alpha value is -3.27. The van der Waals surface area contributed by atoms with E-state index in [-0.39, 0.29) is 11.7 Å². The second kappa shape index (κ2) is 8.21. The van der Waals surface area contributed by atoms with Crippen LogP contribution in [0.2, 0.25) is 0 Å². The molecule has 0 saturated carbocycles. The Morgan fingerprint density at radius 1 is 0.846 bits per heavy atom. The van der Waals surface area contributed by atoms with Gasteiger partial charge in [0.15, 0.2) is 0 Å². The largest absolute Gasteiger partial charge is 0.272 e. The van der Waals surface area contributed by atoms with Gasteiger partial charge in [0, 0.05) is 0 Å². The molecular formula is C22H19FN2O. The van der Waals surface area contributed by atoms with E-state index in [9.17, 15) is 9.18 Å². The van der Waals surface area contributed by atoms with Crippen molar-refractivity contribution >= 4 is 11.6 Å². The summed E-state index contributed by atoms with van der Waals surface area (Å²) in [5.41, 5.74) is 5.80. The number of halogens is 1. The van der Waals surface area contributed by atoms with E-state index < -0.39 is 5.92 Å². The van der Waals surface area contributed by atoms with Gasteiger partial charge in [-0.2, -0.15) is 5.10 Å². The lowest BCUT2D eigenvalue weighted by Gasteiger charge is -2.16. The van der Waals surface area contributed by atoms with Crippen molar-refractivity contribution in [3.05, 3.63) is 107 Å². The molecule has 0 aliphatic rings. The zero-order chi connectivity index (χ0) is 18.4. The van der Waals surface area contributed by atoms with Crippen molar-refractivity contribution in [2.24, 2.45) is 5.10 Å². The third kappa shape index (κ3) is 4.22. The van der Waals surface area contributed by atoms with Crippen molar-refractivity contribution in [3.63, 3.8) is 0 Å². The van der Waals surface area contributed by atoms with Crippen LogP contribution in [0.3, 0.4) is 0 Å². The van der Waals surface area contributed by atoms with Gasteiger partial charge in [-0.15, -0.1) is 0 Å². The first-order valence-corrected chi connectivity index (χ1v) is 8.35. The van der Waals surface area contributed by atoms with Gasteiger partial charge >= 0.3 is 0 Å². The Morgan fingerprint density at radius 3 is 1.85 bits per heavy atom. The number of carbonyl (C=O) groups is 1. The van der Waals surface area contributed by atoms with Gasteiger partial charge in [0.05, 0.1) is 11.6 Å². The molecule has 26 heavy (non-hydrogen) atoms. The van der Waals surface area contributed by atoms with Crippen molar-refractivity contribution < 1.29 is 9.18 Å². The maximum atomic E-state index is 13.0. The zero-order valence-electron chi connectivity index (χ0n) is 14.4. The molecule has 0 aromatic heterocycles. The number of hydrazone groups is 1. The monoisotopic (exact) mass is 346 g/mol. The number of hydrogen-bond donors (Lipinski definition) is 1. The van der Waals surface area contributed by atoms with Crippen LogP contribution in [0, 0.1) is 5.82 Å². The van der Waals surface area contributed by atoms with Gasteiger partial charge in [0.2, 0.25) is 0 Å². The Morgan fingerprint density at radius 2 is 1.35 bits per heavy atom. The van der Waals surface area contributed by atoms with Gasteiger partial charge in [0.25, 0.3) is 5.91 Å². The third-order valence-corrected chi connectivity index (χ3v) is 4.12. The lowest BCUT2D eigenvalue weighted by Crippen LogP contribution is -2.27. The molecule has 1 amide bonds. The fourth-order valence-corrected chi connectivity index (χ4v) is 2.75. The highest BCUT2D eigenvalue weighted by atomic mass is 19.1. The fraction of sp³-hybridized carbons (Fsp3) is 0.0909. The quantitative estimate of drug-likeness (QED) is 0.536. The molecule has 3 aromatic rings. The highest BCUT2D eigenvalue weighted by Gasteiger charge is 2.22. The SMILES string of the molecule is C/C(=N/NC(=O)C(c1ccccc1)c1ccccc1)c1ccc(F)cc1. The predicted molar refractivity (Wildman–Crippen MR) is 101 cm³/mol. The van der Waals surface area contributed by atoms with Crippen LogP contribution in [0.4, 0.5) is 4.39 Å². The molecular weight excluding hydrogens is 327 g/mol. The van der Waals surface area contributed by atoms with Crippen molar-refractivity contribution in [2.45, 2.75) is 12.8 Å². The van der Waals surface area contributed by atoms with Crippen LogP contribution in [-0.2, 0) is 4.79 Å². The molecule has 3 aromatic carbocycles. The van der Waals surface area contributed by atoms with Gasteiger partial charge in [0.1, 0.15) is 5.82 Å². The molecule has 1 N–H and O–H groups in total. The molecule has 0 fully saturated rings. The molecule has 0 bridgehead atoms. The van der Waals surface area contributed by atoms with E-state index in [4.69, 9.17) is 0 Å². The first-order valence-electron chi connectivity index (χ1n) is 8.35. The number of carbonyl (C=O) groups excluding carboxylic acids is 1. The summed E-state index contributed by atoms with van der Waals surface area (Å²) < 4.78 is 13.0. The molecule has 0 heterocycles. The number of nitrogens with zero attached hydrogens (tertiary/aromatic N) is 1. The summed E-state index contributed by atoms with van der Waals surface area (Å²) in [6.45, 7) is 1.77. The molecule has 0 radical (unpaired) electrons. The average Bonchev–Trinajstić information content (AvgIpc) is 2.68. The van der Waals surface area contributed by atoms with E-state index in [2.05, 4.69) is 10.5 Å². The lowest BCUT2D eigenvalue weighted by atomic mass is 9.91. The molecule has 130 valence electrons. The van der Waals surface area contributed by atoms with E-state index in [1.807, 2.05) is 60.7 Å². The van der Waals surface area contributed by atoms with Gasteiger partial charge in [-0.1, -0.05) is 72.8 Å². The second-order valence-electron chi connectivity index (χ2n) is 5.93. The van der Waals surface area contributed by atoms with Crippen LogP contribution in [0.25, 0.3) is 0 Å². The second-order valence-corrected chi connectivity index (χ2v) is 5.93. The van der Waals surface area contributed by atoms with Crippen LogP contribution in [0.15, 0.2) is 90.0 Å². The molecule has 0 spiro atoms. The Kier molecular flexibility index (Phi) is 5.54. The fourth-order valence-electron chi connectivity index (χ4n) is 2.75. The van der Waals surface area contributed by atoms with Gasteiger partial charge in [-0.05, 0) is 35.7 Å². The van der Waals surface area contributed by atoms with E-state index in [0.29, 0.717) is 5.71 Å². The van der Waals surface area contributed by atoms with Gasteiger partial charge in [-0.25, -0.2) is 9.82 Å². The molecule has 0 unspecified atom stereocenters. The van der Waals surface area contributed by atoms with Crippen LogP contribution in [0.5, 0.6) is 0 Å². The van der Waals surface area contributed by atoms with Crippen LogP contribution in [-0.4, -0.2) is 11.6 Å². The van der Waals surface area contributed by atoms with E-state index in [0.717, 1.165) is 16.7 Å². The number of nitrogens with one attached hydrogen (secondary N) is 1. The first kappa shape index (κ1) is 17.5. The summed E-state index contributed by atoms with van der Waals surface area (Å²) in [6.07, 6.45) is 0. The van der Waals surface area contributed by atoms with Crippen LogP contribution < -0.4 is 5.43 Å². The highest BCUT2D eigenvalue weighted by molar-refractivity contribution is 5.99. The summed E-state index contributed by atoms with van der Waals surface area (Å²) in [5.74, 6) is -0.982. The number of benzene rings is 3. The van der Waals surface area contributed by atoms with Crippen molar-refractivity contribution in [3.8, 4) is 0 Å². The van der Waals surface area contributed by atoms with Gasteiger partial charge in [-0.3, -0.25) is 4.79 Å². The van der Waals surface area contributed by atoms with Gasteiger partial charge < -0.3 is 0 Å². The number of rotatable bonds is 5. The molecule has 3 rings (SSSR count). The summed E-state index contributed by atoms with van der Waals surface area (Å²) in [7, 11) is 0. The molecule has 4 heteroatoms. The molecule has 0 aliphatic heterocycles. The maximum absolute atomic E-state index is 13.0. The smallest absolute Gasteiger partial charge is 0.252 e. The molecule has 0 saturated heterocycles. The normalized spacial score (nSPS) is 11.4. The van der Waals surface area contributed by atoms with E-state index in [1.54, 1.807) is 19.1 Å². The summed E-state index contributed by atoms with van der Waals surface area (Å²) in [6, 6.07) is 25.2. The topological polar surface area (TPSA) is 41.5 Å². The van der Waals surface area contributed by atoms with E-state index >= 15 is 0 Å². The summed E-state index contributed by atoms with van der Waals surface area (Å²) >= 11 is 0.